The van der Waals surface area contributed by atoms with Crippen LogP contribution in [0.25, 0.3) is 0 Å². The molecule has 0 spiro atoms. The number of aryl methyl sites for hydroxylation is 1. The van der Waals surface area contributed by atoms with Crippen LogP contribution in [0.4, 0.5) is 0 Å². The minimum absolute atomic E-state index is 0.112. The van der Waals surface area contributed by atoms with E-state index < -0.39 is 0 Å². The van der Waals surface area contributed by atoms with Crippen molar-refractivity contribution in [2.75, 3.05) is 13.1 Å². The maximum Gasteiger partial charge on any atom is 0.221 e. The summed E-state index contributed by atoms with van der Waals surface area (Å²) in [6.07, 6.45) is 0.524. The van der Waals surface area contributed by atoms with Crippen molar-refractivity contribution in [3.05, 3.63) is 16.1 Å². The van der Waals surface area contributed by atoms with Gasteiger partial charge in [-0.1, -0.05) is 13.8 Å². The summed E-state index contributed by atoms with van der Waals surface area (Å²) in [5.41, 5.74) is 1.05. The average Bonchev–Trinajstić information content (AvgIpc) is 2.68. The Morgan fingerprint density at radius 3 is 2.88 bits per heavy atom. The van der Waals surface area contributed by atoms with Crippen LogP contribution in [0.2, 0.25) is 0 Å². The number of aromatic nitrogens is 1. The third-order valence-corrected chi connectivity index (χ3v) is 3.03. The molecule has 0 aliphatic rings. The SMILES string of the molecule is Cc1nc(CNCCC(=O)NCC(C)C)cs1. The fourth-order valence-electron chi connectivity index (χ4n) is 1.31. The fraction of sp³-hybridized carbons (Fsp3) is 0.667. The van der Waals surface area contributed by atoms with Crippen LogP contribution in [0, 0.1) is 12.8 Å². The molecule has 96 valence electrons. The van der Waals surface area contributed by atoms with Gasteiger partial charge in [0.15, 0.2) is 0 Å². The van der Waals surface area contributed by atoms with Gasteiger partial charge in [0.2, 0.25) is 5.91 Å². The summed E-state index contributed by atoms with van der Waals surface area (Å²) in [5, 5.41) is 9.23. The molecule has 17 heavy (non-hydrogen) atoms. The van der Waals surface area contributed by atoms with Gasteiger partial charge in [-0.15, -0.1) is 11.3 Å². The van der Waals surface area contributed by atoms with Gasteiger partial charge in [-0.2, -0.15) is 0 Å². The highest BCUT2D eigenvalue weighted by Gasteiger charge is 2.02. The van der Waals surface area contributed by atoms with E-state index in [1.54, 1.807) is 11.3 Å². The summed E-state index contributed by atoms with van der Waals surface area (Å²) in [6.45, 7) is 8.35. The number of hydrogen-bond donors (Lipinski definition) is 2. The second kappa shape index (κ2) is 7.40. The maximum atomic E-state index is 11.4. The molecule has 1 amide bonds. The minimum Gasteiger partial charge on any atom is -0.356 e. The number of hydrogen-bond acceptors (Lipinski definition) is 4. The monoisotopic (exact) mass is 255 g/mol. The summed E-state index contributed by atoms with van der Waals surface area (Å²) in [4.78, 5) is 15.7. The summed E-state index contributed by atoms with van der Waals surface area (Å²) >= 11 is 1.65. The predicted molar refractivity (Wildman–Crippen MR) is 71.0 cm³/mol. The molecule has 0 aliphatic carbocycles. The van der Waals surface area contributed by atoms with E-state index in [2.05, 4.69) is 29.5 Å². The maximum absolute atomic E-state index is 11.4. The second-order valence-electron chi connectivity index (χ2n) is 4.48. The van der Waals surface area contributed by atoms with Gasteiger partial charge in [-0.3, -0.25) is 4.79 Å². The standard InChI is InChI=1S/C12H21N3OS/c1-9(2)6-14-12(16)4-5-13-7-11-8-17-10(3)15-11/h8-9,13H,4-7H2,1-3H3,(H,14,16). The third kappa shape index (κ3) is 6.38. The van der Waals surface area contributed by atoms with E-state index >= 15 is 0 Å². The molecule has 0 saturated carbocycles. The van der Waals surface area contributed by atoms with Gasteiger partial charge < -0.3 is 10.6 Å². The molecule has 2 N–H and O–H groups in total. The Bertz CT molecular complexity index is 349. The van der Waals surface area contributed by atoms with E-state index in [0.717, 1.165) is 23.8 Å². The van der Waals surface area contributed by atoms with Gasteiger partial charge in [-0.25, -0.2) is 4.98 Å². The molecule has 0 aromatic carbocycles. The summed E-state index contributed by atoms with van der Waals surface area (Å²) in [6, 6.07) is 0. The van der Waals surface area contributed by atoms with Crippen molar-refractivity contribution in [1.82, 2.24) is 15.6 Å². The van der Waals surface area contributed by atoms with Crippen LogP contribution in [0.3, 0.4) is 0 Å². The van der Waals surface area contributed by atoms with Gasteiger partial charge in [0, 0.05) is 31.4 Å². The lowest BCUT2D eigenvalue weighted by atomic mass is 10.2. The van der Waals surface area contributed by atoms with Crippen LogP contribution in [0.15, 0.2) is 5.38 Å². The van der Waals surface area contributed by atoms with Crippen molar-refractivity contribution >= 4 is 17.2 Å². The third-order valence-electron chi connectivity index (χ3n) is 2.21. The number of amides is 1. The molecule has 5 heteroatoms. The van der Waals surface area contributed by atoms with Crippen molar-refractivity contribution in [1.29, 1.82) is 0 Å². The highest BCUT2D eigenvalue weighted by Crippen LogP contribution is 2.06. The Balaban J connectivity index is 2.06. The molecule has 0 bridgehead atoms. The Morgan fingerprint density at radius 2 is 2.29 bits per heavy atom. The largest absolute Gasteiger partial charge is 0.356 e. The van der Waals surface area contributed by atoms with Crippen LogP contribution < -0.4 is 10.6 Å². The van der Waals surface area contributed by atoms with Crippen molar-refractivity contribution in [3.8, 4) is 0 Å². The average molecular weight is 255 g/mol. The molecule has 1 aromatic heterocycles. The first-order valence-electron chi connectivity index (χ1n) is 5.96. The molecule has 0 aliphatic heterocycles. The normalized spacial score (nSPS) is 10.8. The van der Waals surface area contributed by atoms with Crippen LogP contribution in [-0.2, 0) is 11.3 Å². The molecule has 1 heterocycles. The number of rotatable bonds is 7. The van der Waals surface area contributed by atoms with E-state index in [4.69, 9.17) is 0 Å². The molecular formula is C12H21N3OS. The van der Waals surface area contributed by atoms with E-state index in [1.807, 2.05) is 12.3 Å². The highest BCUT2D eigenvalue weighted by atomic mass is 32.1. The Kier molecular flexibility index (Phi) is 6.15. The first-order chi connectivity index (χ1) is 8.08. The van der Waals surface area contributed by atoms with E-state index in [0.29, 0.717) is 18.9 Å². The smallest absolute Gasteiger partial charge is 0.221 e. The fourth-order valence-corrected chi connectivity index (χ4v) is 1.93. The van der Waals surface area contributed by atoms with E-state index in [9.17, 15) is 4.79 Å². The summed E-state index contributed by atoms with van der Waals surface area (Å²) in [7, 11) is 0. The molecule has 0 unspecified atom stereocenters. The molecule has 1 rings (SSSR count). The summed E-state index contributed by atoms with van der Waals surface area (Å²) < 4.78 is 0. The number of carbonyl (C=O) groups is 1. The number of nitrogens with one attached hydrogen (secondary N) is 2. The molecule has 0 saturated heterocycles. The topological polar surface area (TPSA) is 54.0 Å². The minimum atomic E-state index is 0.112. The molecule has 0 atom stereocenters. The first-order valence-corrected chi connectivity index (χ1v) is 6.84. The van der Waals surface area contributed by atoms with E-state index in [-0.39, 0.29) is 5.91 Å². The van der Waals surface area contributed by atoms with Crippen molar-refractivity contribution in [2.45, 2.75) is 33.7 Å². The molecule has 0 fully saturated rings. The molecule has 1 aromatic rings. The Morgan fingerprint density at radius 1 is 1.53 bits per heavy atom. The quantitative estimate of drug-likeness (QED) is 0.729. The lowest BCUT2D eigenvalue weighted by Crippen LogP contribution is -2.30. The molecular weight excluding hydrogens is 234 g/mol. The number of nitrogens with zero attached hydrogens (tertiary/aromatic N) is 1. The zero-order valence-electron chi connectivity index (χ0n) is 10.7. The predicted octanol–water partition coefficient (Wildman–Crippen LogP) is 1.70. The van der Waals surface area contributed by atoms with Gasteiger partial charge in [0.1, 0.15) is 0 Å². The van der Waals surface area contributed by atoms with Crippen LogP contribution in [0.5, 0.6) is 0 Å². The number of carbonyl (C=O) groups excluding carboxylic acids is 1. The van der Waals surface area contributed by atoms with Crippen LogP contribution >= 0.6 is 11.3 Å². The van der Waals surface area contributed by atoms with Gasteiger partial charge >= 0.3 is 0 Å². The van der Waals surface area contributed by atoms with Gasteiger partial charge in [-0.05, 0) is 12.8 Å². The van der Waals surface area contributed by atoms with Gasteiger partial charge in [0.25, 0.3) is 0 Å². The zero-order valence-corrected chi connectivity index (χ0v) is 11.6. The zero-order chi connectivity index (χ0) is 12.7. The number of thiazole rings is 1. The molecule has 0 radical (unpaired) electrons. The van der Waals surface area contributed by atoms with E-state index in [1.165, 1.54) is 0 Å². The Hall–Kier alpha value is -0.940. The lowest BCUT2D eigenvalue weighted by Gasteiger charge is -2.07. The van der Waals surface area contributed by atoms with Crippen molar-refractivity contribution < 1.29 is 4.79 Å². The molecule has 4 nitrogen and oxygen atoms in total. The lowest BCUT2D eigenvalue weighted by molar-refractivity contribution is -0.121. The van der Waals surface area contributed by atoms with Crippen LogP contribution in [0.1, 0.15) is 31.0 Å². The summed E-state index contributed by atoms with van der Waals surface area (Å²) in [5.74, 6) is 0.616. The Labute approximate surface area is 107 Å². The van der Waals surface area contributed by atoms with Crippen molar-refractivity contribution in [3.63, 3.8) is 0 Å². The highest BCUT2D eigenvalue weighted by molar-refractivity contribution is 7.09. The first kappa shape index (κ1) is 14.1. The van der Waals surface area contributed by atoms with Gasteiger partial charge in [0.05, 0.1) is 10.7 Å². The van der Waals surface area contributed by atoms with Crippen LogP contribution in [-0.4, -0.2) is 24.0 Å². The van der Waals surface area contributed by atoms with Crippen molar-refractivity contribution in [2.24, 2.45) is 5.92 Å². The second-order valence-corrected chi connectivity index (χ2v) is 5.54.